The maximum Gasteiger partial charge on any atom is 0.225 e. The number of amides is 1. The summed E-state index contributed by atoms with van der Waals surface area (Å²) in [5, 5.41) is 7.67. The summed E-state index contributed by atoms with van der Waals surface area (Å²) in [5.74, 6) is 1.08. The van der Waals surface area contributed by atoms with Crippen molar-refractivity contribution in [2.75, 3.05) is 5.32 Å². The molecule has 3 aromatic rings. The van der Waals surface area contributed by atoms with E-state index in [2.05, 4.69) is 21.5 Å². The van der Waals surface area contributed by atoms with Gasteiger partial charge in [-0.15, -0.1) is 0 Å². The SMILES string of the molecule is Cc1cc(NC(=O)CCc2c(C)[nH]c3ccccc23)no1. The zero-order chi connectivity index (χ0) is 14.8. The van der Waals surface area contributed by atoms with Crippen LogP contribution >= 0.6 is 0 Å². The van der Waals surface area contributed by atoms with Gasteiger partial charge in [-0.2, -0.15) is 0 Å². The highest BCUT2D eigenvalue weighted by Gasteiger charge is 2.11. The van der Waals surface area contributed by atoms with Crippen LogP contribution in [-0.2, 0) is 11.2 Å². The summed E-state index contributed by atoms with van der Waals surface area (Å²) in [4.78, 5) is 15.3. The lowest BCUT2D eigenvalue weighted by atomic mass is 10.1. The van der Waals surface area contributed by atoms with E-state index in [-0.39, 0.29) is 5.91 Å². The van der Waals surface area contributed by atoms with Crippen LogP contribution in [0.2, 0.25) is 0 Å². The zero-order valence-corrected chi connectivity index (χ0v) is 12.1. The monoisotopic (exact) mass is 283 g/mol. The second-order valence-electron chi connectivity index (χ2n) is 5.15. The number of hydrogen-bond donors (Lipinski definition) is 2. The fourth-order valence-electron chi connectivity index (χ4n) is 2.53. The molecular formula is C16H17N3O2. The van der Waals surface area contributed by atoms with Gasteiger partial charge in [0.2, 0.25) is 5.91 Å². The highest BCUT2D eigenvalue weighted by molar-refractivity contribution is 5.91. The van der Waals surface area contributed by atoms with Crippen molar-refractivity contribution in [1.82, 2.24) is 10.1 Å². The van der Waals surface area contributed by atoms with Gasteiger partial charge in [0, 0.05) is 29.1 Å². The lowest BCUT2D eigenvalue weighted by Gasteiger charge is -2.02. The van der Waals surface area contributed by atoms with E-state index >= 15 is 0 Å². The smallest absolute Gasteiger partial charge is 0.225 e. The predicted octanol–water partition coefficient (Wildman–Crippen LogP) is 3.34. The Labute approximate surface area is 122 Å². The second-order valence-corrected chi connectivity index (χ2v) is 5.15. The number of fused-ring (bicyclic) bond motifs is 1. The average molecular weight is 283 g/mol. The minimum Gasteiger partial charge on any atom is -0.360 e. The molecule has 0 saturated heterocycles. The normalized spacial score (nSPS) is 11.0. The van der Waals surface area contributed by atoms with Crippen molar-refractivity contribution in [3.05, 3.63) is 47.3 Å². The first-order valence-corrected chi connectivity index (χ1v) is 6.93. The maximum absolute atomic E-state index is 12.0. The van der Waals surface area contributed by atoms with Crippen LogP contribution in [0.25, 0.3) is 10.9 Å². The lowest BCUT2D eigenvalue weighted by Crippen LogP contribution is -2.12. The lowest BCUT2D eigenvalue weighted by molar-refractivity contribution is -0.116. The van der Waals surface area contributed by atoms with Gasteiger partial charge in [-0.3, -0.25) is 4.79 Å². The average Bonchev–Trinajstić information content (AvgIpc) is 2.99. The molecule has 2 heterocycles. The minimum absolute atomic E-state index is 0.0621. The molecule has 0 fully saturated rings. The Kier molecular flexibility index (Phi) is 3.48. The number of carbonyl (C=O) groups is 1. The minimum atomic E-state index is -0.0621. The summed E-state index contributed by atoms with van der Waals surface area (Å²) in [7, 11) is 0. The number of aryl methyl sites for hydroxylation is 3. The standard InChI is InChI=1S/C16H17N3O2/c1-10-9-15(19-21-10)18-16(20)8-7-12-11(2)17-14-6-4-3-5-13(12)14/h3-6,9,17H,7-8H2,1-2H3,(H,18,19,20). The van der Waals surface area contributed by atoms with Gasteiger partial charge in [0.15, 0.2) is 5.82 Å². The third kappa shape index (κ3) is 2.81. The van der Waals surface area contributed by atoms with Crippen LogP contribution in [0.5, 0.6) is 0 Å². The van der Waals surface area contributed by atoms with Crippen molar-refractivity contribution in [3.63, 3.8) is 0 Å². The fraction of sp³-hybridized carbons (Fsp3) is 0.250. The topological polar surface area (TPSA) is 70.9 Å². The van der Waals surface area contributed by atoms with Gasteiger partial charge in [0.1, 0.15) is 5.76 Å². The number of carbonyl (C=O) groups excluding carboxylic acids is 1. The molecule has 2 N–H and O–H groups in total. The number of benzene rings is 1. The molecule has 0 aliphatic carbocycles. The molecule has 0 atom stereocenters. The fourth-order valence-corrected chi connectivity index (χ4v) is 2.53. The number of nitrogens with one attached hydrogen (secondary N) is 2. The third-order valence-corrected chi connectivity index (χ3v) is 3.52. The van der Waals surface area contributed by atoms with E-state index in [1.165, 1.54) is 10.9 Å². The molecular weight excluding hydrogens is 266 g/mol. The molecule has 0 radical (unpaired) electrons. The quantitative estimate of drug-likeness (QED) is 0.771. The van der Waals surface area contributed by atoms with Gasteiger partial charge >= 0.3 is 0 Å². The Bertz CT molecular complexity index is 786. The van der Waals surface area contributed by atoms with E-state index in [0.717, 1.165) is 11.2 Å². The molecule has 21 heavy (non-hydrogen) atoms. The van der Waals surface area contributed by atoms with Crippen molar-refractivity contribution >= 4 is 22.6 Å². The summed E-state index contributed by atoms with van der Waals surface area (Å²) in [6, 6.07) is 9.84. The van der Waals surface area contributed by atoms with Gasteiger partial charge in [0.05, 0.1) is 0 Å². The van der Waals surface area contributed by atoms with E-state index in [1.807, 2.05) is 25.1 Å². The van der Waals surface area contributed by atoms with Crippen LogP contribution in [0.3, 0.4) is 0 Å². The molecule has 1 aromatic carbocycles. The molecule has 0 unspecified atom stereocenters. The Morgan fingerprint density at radius 1 is 1.33 bits per heavy atom. The summed E-state index contributed by atoms with van der Waals surface area (Å²) in [6.07, 6.45) is 1.10. The number of aromatic nitrogens is 2. The van der Waals surface area contributed by atoms with Crippen molar-refractivity contribution in [2.45, 2.75) is 26.7 Å². The maximum atomic E-state index is 12.0. The van der Waals surface area contributed by atoms with Gasteiger partial charge in [-0.05, 0) is 31.9 Å². The van der Waals surface area contributed by atoms with E-state index in [1.54, 1.807) is 13.0 Å². The van der Waals surface area contributed by atoms with E-state index < -0.39 is 0 Å². The van der Waals surface area contributed by atoms with Gasteiger partial charge in [-0.25, -0.2) is 0 Å². The third-order valence-electron chi connectivity index (χ3n) is 3.52. The molecule has 108 valence electrons. The second kappa shape index (κ2) is 5.44. The van der Waals surface area contributed by atoms with Crippen LogP contribution in [0.15, 0.2) is 34.9 Å². The van der Waals surface area contributed by atoms with Gasteiger partial charge in [-0.1, -0.05) is 23.4 Å². The van der Waals surface area contributed by atoms with E-state index in [9.17, 15) is 4.79 Å². The Hall–Kier alpha value is -2.56. The number of rotatable bonds is 4. The van der Waals surface area contributed by atoms with Crippen molar-refractivity contribution in [3.8, 4) is 0 Å². The Morgan fingerprint density at radius 2 is 2.14 bits per heavy atom. The largest absolute Gasteiger partial charge is 0.360 e. The van der Waals surface area contributed by atoms with Crippen LogP contribution < -0.4 is 5.32 Å². The summed E-state index contributed by atoms with van der Waals surface area (Å²) in [5.41, 5.74) is 3.41. The zero-order valence-electron chi connectivity index (χ0n) is 12.1. The molecule has 5 nitrogen and oxygen atoms in total. The van der Waals surface area contributed by atoms with Crippen molar-refractivity contribution < 1.29 is 9.32 Å². The number of anilines is 1. The highest BCUT2D eigenvalue weighted by atomic mass is 16.5. The van der Waals surface area contributed by atoms with Crippen LogP contribution in [0.1, 0.15) is 23.4 Å². The molecule has 1 amide bonds. The van der Waals surface area contributed by atoms with E-state index in [0.29, 0.717) is 24.4 Å². The van der Waals surface area contributed by atoms with Gasteiger partial charge in [0.25, 0.3) is 0 Å². The molecule has 5 heteroatoms. The molecule has 2 aromatic heterocycles. The van der Waals surface area contributed by atoms with E-state index in [4.69, 9.17) is 4.52 Å². The molecule has 0 spiro atoms. The van der Waals surface area contributed by atoms with Gasteiger partial charge < -0.3 is 14.8 Å². The van der Waals surface area contributed by atoms with Crippen LogP contribution in [-0.4, -0.2) is 16.0 Å². The number of nitrogens with zero attached hydrogens (tertiary/aromatic N) is 1. The Balaban J connectivity index is 1.69. The highest BCUT2D eigenvalue weighted by Crippen LogP contribution is 2.23. The molecule has 0 aliphatic heterocycles. The van der Waals surface area contributed by atoms with Crippen molar-refractivity contribution in [2.24, 2.45) is 0 Å². The molecule has 0 saturated carbocycles. The number of aromatic amines is 1. The van der Waals surface area contributed by atoms with Crippen LogP contribution in [0.4, 0.5) is 5.82 Å². The molecule has 0 aliphatic rings. The summed E-state index contributed by atoms with van der Waals surface area (Å²) < 4.78 is 4.92. The molecule has 0 bridgehead atoms. The number of hydrogen-bond acceptors (Lipinski definition) is 3. The summed E-state index contributed by atoms with van der Waals surface area (Å²) >= 11 is 0. The van der Waals surface area contributed by atoms with Crippen LogP contribution in [0, 0.1) is 13.8 Å². The first-order valence-electron chi connectivity index (χ1n) is 6.93. The van der Waals surface area contributed by atoms with Crippen molar-refractivity contribution in [1.29, 1.82) is 0 Å². The summed E-state index contributed by atoms with van der Waals surface area (Å²) in [6.45, 7) is 3.83. The number of para-hydroxylation sites is 1. The molecule has 3 rings (SSSR count). The predicted molar refractivity (Wildman–Crippen MR) is 81.2 cm³/mol. The Morgan fingerprint density at radius 3 is 2.90 bits per heavy atom. The first-order chi connectivity index (χ1) is 10.1. The first kappa shape index (κ1) is 13.4. The number of H-pyrrole nitrogens is 1.